The standard InChI is InChI=1S/C13H15I/c1-3-11(10-13(14)4-2)12-8-6-5-7-9-12/h3-6,8,10H,1,7,9H2,2H3/b11-10+,13-4+. The molecule has 0 radical (unpaired) electrons. The molecule has 0 aromatic rings. The molecule has 74 valence electrons. The topological polar surface area (TPSA) is 0 Å². The second-order valence-corrected chi connectivity index (χ2v) is 4.38. The molecule has 0 amide bonds. The monoisotopic (exact) mass is 298 g/mol. The number of rotatable bonds is 3. The van der Waals surface area contributed by atoms with Gasteiger partial charge in [-0.3, -0.25) is 0 Å². The molecule has 1 aliphatic rings. The van der Waals surface area contributed by atoms with E-state index in [1.165, 1.54) is 14.7 Å². The molecule has 1 aliphatic carbocycles. The molecular formula is C13H15I. The van der Waals surface area contributed by atoms with Gasteiger partial charge in [-0.15, -0.1) is 0 Å². The van der Waals surface area contributed by atoms with Crippen LogP contribution in [0.25, 0.3) is 0 Å². The Morgan fingerprint density at radius 1 is 1.57 bits per heavy atom. The van der Waals surface area contributed by atoms with Crippen LogP contribution in [-0.2, 0) is 0 Å². The van der Waals surface area contributed by atoms with Crippen molar-refractivity contribution in [2.24, 2.45) is 0 Å². The Morgan fingerprint density at radius 2 is 2.36 bits per heavy atom. The zero-order valence-electron chi connectivity index (χ0n) is 8.46. The summed E-state index contributed by atoms with van der Waals surface area (Å²) in [5.74, 6) is 0. The summed E-state index contributed by atoms with van der Waals surface area (Å²) in [7, 11) is 0. The van der Waals surface area contributed by atoms with Crippen molar-refractivity contribution in [2.75, 3.05) is 0 Å². The number of allylic oxidation sites excluding steroid dienone is 9. The number of hydrogen-bond acceptors (Lipinski definition) is 0. The second kappa shape index (κ2) is 6.02. The molecule has 0 heterocycles. The van der Waals surface area contributed by atoms with Gasteiger partial charge in [-0.1, -0.05) is 37.0 Å². The highest BCUT2D eigenvalue weighted by atomic mass is 127. The van der Waals surface area contributed by atoms with Gasteiger partial charge in [-0.25, -0.2) is 0 Å². The van der Waals surface area contributed by atoms with Crippen LogP contribution in [0.4, 0.5) is 0 Å². The lowest BCUT2D eigenvalue weighted by Gasteiger charge is -2.09. The maximum Gasteiger partial charge on any atom is 0.00932 e. The van der Waals surface area contributed by atoms with Crippen LogP contribution in [0, 0.1) is 0 Å². The second-order valence-electron chi connectivity index (χ2n) is 3.14. The van der Waals surface area contributed by atoms with Crippen molar-refractivity contribution in [3.63, 3.8) is 0 Å². The van der Waals surface area contributed by atoms with E-state index in [1.807, 2.05) is 13.0 Å². The minimum absolute atomic E-state index is 1.13. The van der Waals surface area contributed by atoms with Crippen LogP contribution >= 0.6 is 22.6 Å². The Labute approximate surface area is 99.9 Å². The van der Waals surface area contributed by atoms with E-state index in [-0.39, 0.29) is 0 Å². The number of halogens is 1. The summed E-state index contributed by atoms with van der Waals surface area (Å²) in [6, 6.07) is 0. The average Bonchev–Trinajstić information content (AvgIpc) is 2.26. The fourth-order valence-electron chi connectivity index (χ4n) is 1.36. The van der Waals surface area contributed by atoms with Gasteiger partial charge < -0.3 is 0 Å². The maximum atomic E-state index is 3.86. The van der Waals surface area contributed by atoms with Crippen molar-refractivity contribution in [3.8, 4) is 0 Å². The Balaban J connectivity index is 2.91. The first-order valence-electron chi connectivity index (χ1n) is 4.80. The molecule has 0 aromatic carbocycles. The summed E-state index contributed by atoms with van der Waals surface area (Å²) in [4.78, 5) is 0. The molecule has 0 bridgehead atoms. The molecule has 0 saturated heterocycles. The molecule has 1 rings (SSSR count). The number of hydrogen-bond donors (Lipinski definition) is 0. The highest BCUT2D eigenvalue weighted by molar-refractivity contribution is 14.1. The third-order valence-corrected chi connectivity index (χ3v) is 3.11. The highest BCUT2D eigenvalue weighted by Gasteiger charge is 2.03. The summed E-state index contributed by atoms with van der Waals surface area (Å²) in [5, 5.41) is 0. The van der Waals surface area contributed by atoms with Gasteiger partial charge in [0.15, 0.2) is 0 Å². The summed E-state index contributed by atoms with van der Waals surface area (Å²) < 4.78 is 1.26. The first-order chi connectivity index (χ1) is 6.77. The SMILES string of the molecule is C=C/C(=C\C(I)=C/C)C1=CC=CCC1. The molecular weight excluding hydrogens is 283 g/mol. The predicted octanol–water partition coefficient (Wildman–Crippen LogP) is 4.71. The Morgan fingerprint density at radius 3 is 2.86 bits per heavy atom. The van der Waals surface area contributed by atoms with Gasteiger partial charge in [-0.2, -0.15) is 0 Å². The quantitative estimate of drug-likeness (QED) is 0.522. The normalized spacial score (nSPS) is 18.0. The lowest BCUT2D eigenvalue weighted by Crippen LogP contribution is -1.90. The third kappa shape index (κ3) is 3.29. The van der Waals surface area contributed by atoms with Crippen molar-refractivity contribution in [1.82, 2.24) is 0 Å². The smallest absolute Gasteiger partial charge is 0.00932 e. The van der Waals surface area contributed by atoms with Crippen molar-refractivity contribution in [2.45, 2.75) is 19.8 Å². The Hall–Kier alpha value is -0.570. The average molecular weight is 298 g/mol. The predicted molar refractivity (Wildman–Crippen MR) is 72.5 cm³/mol. The van der Waals surface area contributed by atoms with E-state index in [0.717, 1.165) is 12.8 Å². The van der Waals surface area contributed by atoms with Crippen molar-refractivity contribution in [1.29, 1.82) is 0 Å². The van der Waals surface area contributed by atoms with Crippen molar-refractivity contribution in [3.05, 3.63) is 57.8 Å². The fraction of sp³-hybridized carbons (Fsp3) is 0.231. The minimum atomic E-state index is 1.13. The van der Waals surface area contributed by atoms with E-state index in [0.29, 0.717) is 0 Å². The molecule has 0 spiro atoms. The van der Waals surface area contributed by atoms with Crippen LogP contribution in [0.15, 0.2) is 57.8 Å². The molecule has 14 heavy (non-hydrogen) atoms. The van der Waals surface area contributed by atoms with Crippen LogP contribution in [0.1, 0.15) is 19.8 Å². The molecule has 0 saturated carbocycles. The molecule has 0 nitrogen and oxygen atoms in total. The summed E-state index contributed by atoms with van der Waals surface area (Å²) in [5.41, 5.74) is 2.63. The highest BCUT2D eigenvalue weighted by Crippen LogP contribution is 2.23. The van der Waals surface area contributed by atoms with E-state index in [2.05, 4.69) is 59.5 Å². The van der Waals surface area contributed by atoms with Gasteiger partial charge in [0.25, 0.3) is 0 Å². The van der Waals surface area contributed by atoms with E-state index in [1.54, 1.807) is 0 Å². The van der Waals surface area contributed by atoms with E-state index < -0.39 is 0 Å². The molecule has 0 unspecified atom stereocenters. The van der Waals surface area contributed by atoms with E-state index in [4.69, 9.17) is 0 Å². The third-order valence-electron chi connectivity index (χ3n) is 2.17. The molecule has 0 aliphatic heterocycles. The Kier molecular flexibility index (Phi) is 4.94. The lowest BCUT2D eigenvalue weighted by atomic mass is 9.97. The van der Waals surface area contributed by atoms with Crippen LogP contribution in [0.5, 0.6) is 0 Å². The Bertz CT molecular complexity index is 327. The molecule has 0 atom stereocenters. The van der Waals surface area contributed by atoms with Crippen LogP contribution in [0.3, 0.4) is 0 Å². The summed E-state index contributed by atoms with van der Waals surface area (Å²) >= 11 is 2.33. The van der Waals surface area contributed by atoms with Gasteiger partial charge in [0.1, 0.15) is 0 Å². The van der Waals surface area contributed by atoms with Crippen LogP contribution < -0.4 is 0 Å². The molecule has 0 fully saturated rings. The van der Waals surface area contributed by atoms with E-state index in [9.17, 15) is 0 Å². The zero-order valence-corrected chi connectivity index (χ0v) is 10.6. The van der Waals surface area contributed by atoms with Crippen LogP contribution in [-0.4, -0.2) is 0 Å². The van der Waals surface area contributed by atoms with Gasteiger partial charge in [0.2, 0.25) is 0 Å². The summed E-state index contributed by atoms with van der Waals surface area (Å²) in [6.07, 6.45) is 15.0. The molecule has 1 heteroatoms. The van der Waals surface area contributed by atoms with E-state index >= 15 is 0 Å². The summed E-state index contributed by atoms with van der Waals surface area (Å²) in [6.45, 7) is 5.91. The minimum Gasteiger partial charge on any atom is -0.0985 e. The first kappa shape index (κ1) is 11.5. The van der Waals surface area contributed by atoms with Crippen molar-refractivity contribution >= 4 is 22.6 Å². The van der Waals surface area contributed by atoms with Crippen molar-refractivity contribution < 1.29 is 0 Å². The first-order valence-corrected chi connectivity index (χ1v) is 5.88. The molecule has 0 aromatic heterocycles. The molecule has 0 N–H and O–H groups in total. The zero-order chi connectivity index (χ0) is 10.4. The van der Waals surface area contributed by atoms with Gasteiger partial charge in [-0.05, 0) is 59.6 Å². The lowest BCUT2D eigenvalue weighted by molar-refractivity contribution is 0.978. The largest absolute Gasteiger partial charge is 0.0985 e. The van der Waals surface area contributed by atoms with Gasteiger partial charge in [0.05, 0.1) is 0 Å². The maximum absolute atomic E-state index is 3.86. The van der Waals surface area contributed by atoms with Crippen LogP contribution in [0.2, 0.25) is 0 Å². The van der Waals surface area contributed by atoms with Gasteiger partial charge in [0, 0.05) is 3.58 Å². The van der Waals surface area contributed by atoms with Gasteiger partial charge >= 0.3 is 0 Å². The fourth-order valence-corrected chi connectivity index (χ4v) is 1.69.